The van der Waals surface area contributed by atoms with Crippen LogP contribution in [0.4, 0.5) is 0 Å². The summed E-state index contributed by atoms with van der Waals surface area (Å²) in [5.41, 5.74) is 0.735. The van der Waals surface area contributed by atoms with Crippen LogP contribution >= 0.6 is 11.6 Å². The molecule has 0 aliphatic rings. The molecule has 1 rings (SSSR count). The van der Waals surface area contributed by atoms with Gasteiger partial charge in [-0.05, 0) is 31.5 Å². The zero-order valence-electron chi connectivity index (χ0n) is 12.0. The SMILES string of the molecule is CCN(CC)C(=O)CC(C#N)c1ccc(OC)c(Cl)c1. The Bertz CT molecular complexity index is 507. The maximum Gasteiger partial charge on any atom is 0.224 e. The molecule has 0 saturated heterocycles. The Labute approximate surface area is 124 Å². The van der Waals surface area contributed by atoms with Crippen molar-refractivity contribution in [1.82, 2.24) is 4.90 Å². The van der Waals surface area contributed by atoms with E-state index in [9.17, 15) is 10.1 Å². The van der Waals surface area contributed by atoms with E-state index >= 15 is 0 Å². The highest BCUT2D eigenvalue weighted by Crippen LogP contribution is 2.29. The second kappa shape index (κ2) is 7.76. The molecule has 0 saturated carbocycles. The molecule has 5 heteroatoms. The molecule has 108 valence electrons. The van der Waals surface area contributed by atoms with E-state index in [0.717, 1.165) is 5.56 Å². The Balaban J connectivity index is 2.89. The minimum Gasteiger partial charge on any atom is -0.495 e. The summed E-state index contributed by atoms with van der Waals surface area (Å²) in [5, 5.41) is 9.72. The van der Waals surface area contributed by atoms with E-state index in [1.54, 1.807) is 23.1 Å². The van der Waals surface area contributed by atoms with Crippen molar-refractivity contribution in [1.29, 1.82) is 5.26 Å². The highest BCUT2D eigenvalue weighted by atomic mass is 35.5. The molecule has 4 nitrogen and oxygen atoms in total. The number of carbonyl (C=O) groups is 1. The number of rotatable bonds is 6. The van der Waals surface area contributed by atoms with E-state index in [1.807, 2.05) is 13.8 Å². The molecule has 0 aliphatic heterocycles. The summed E-state index contributed by atoms with van der Waals surface area (Å²) in [4.78, 5) is 13.8. The molecule has 0 radical (unpaired) electrons. The highest BCUT2D eigenvalue weighted by Gasteiger charge is 2.19. The van der Waals surface area contributed by atoms with E-state index in [2.05, 4.69) is 6.07 Å². The average Bonchev–Trinajstić information content (AvgIpc) is 2.46. The lowest BCUT2D eigenvalue weighted by atomic mass is 9.96. The Kier molecular flexibility index (Phi) is 6.33. The van der Waals surface area contributed by atoms with Crippen molar-refractivity contribution in [2.75, 3.05) is 20.2 Å². The summed E-state index contributed by atoms with van der Waals surface area (Å²) < 4.78 is 5.08. The number of hydrogen-bond donors (Lipinski definition) is 0. The average molecular weight is 295 g/mol. The number of halogens is 1. The Morgan fingerprint density at radius 2 is 2.10 bits per heavy atom. The summed E-state index contributed by atoms with van der Waals surface area (Å²) in [7, 11) is 1.53. The Hall–Kier alpha value is -1.73. The normalized spacial score (nSPS) is 11.6. The summed E-state index contributed by atoms with van der Waals surface area (Å²) in [6, 6.07) is 7.34. The van der Waals surface area contributed by atoms with Crippen LogP contribution in [0.15, 0.2) is 18.2 Å². The van der Waals surface area contributed by atoms with Crippen molar-refractivity contribution in [3.63, 3.8) is 0 Å². The molecular weight excluding hydrogens is 276 g/mol. The van der Waals surface area contributed by atoms with Crippen LogP contribution in [-0.4, -0.2) is 31.0 Å². The van der Waals surface area contributed by atoms with Gasteiger partial charge in [-0.3, -0.25) is 4.79 Å². The fraction of sp³-hybridized carbons (Fsp3) is 0.467. The second-order valence-corrected chi connectivity index (χ2v) is 4.75. The molecule has 0 aliphatic carbocycles. The molecule has 0 aromatic heterocycles. The maximum absolute atomic E-state index is 12.1. The summed E-state index contributed by atoms with van der Waals surface area (Å²) in [6.07, 6.45) is 0.167. The molecule has 0 bridgehead atoms. The Morgan fingerprint density at radius 3 is 2.55 bits per heavy atom. The minimum absolute atomic E-state index is 0.0199. The minimum atomic E-state index is -0.494. The van der Waals surface area contributed by atoms with E-state index in [4.69, 9.17) is 16.3 Å². The van der Waals surface area contributed by atoms with Crippen molar-refractivity contribution in [2.24, 2.45) is 0 Å². The second-order valence-electron chi connectivity index (χ2n) is 4.35. The van der Waals surface area contributed by atoms with Gasteiger partial charge in [0, 0.05) is 19.5 Å². The van der Waals surface area contributed by atoms with Gasteiger partial charge in [0.15, 0.2) is 0 Å². The number of amides is 1. The number of nitriles is 1. The van der Waals surface area contributed by atoms with Crippen molar-refractivity contribution in [3.05, 3.63) is 28.8 Å². The molecular formula is C15H19ClN2O2. The van der Waals surface area contributed by atoms with E-state index in [1.165, 1.54) is 7.11 Å². The van der Waals surface area contributed by atoms with Crippen molar-refractivity contribution in [3.8, 4) is 11.8 Å². The third-order valence-electron chi connectivity index (χ3n) is 3.23. The molecule has 1 amide bonds. The molecule has 1 aromatic carbocycles. The van der Waals surface area contributed by atoms with Crippen LogP contribution in [0.3, 0.4) is 0 Å². The van der Waals surface area contributed by atoms with Crippen molar-refractivity contribution < 1.29 is 9.53 Å². The van der Waals surface area contributed by atoms with Crippen LogP contribution in [0.1, 0.15) is 31.7 Å². The monoisotopic (exact) mass is 294 g/mol. The van der Waals surface area contributed by atoms with Gasteiger partial charge in [-0.2, -0.15) is 5.26 Å². The third-order valence-corrected chi connectivity index (χ3v) is 3.52. The topological polar surface area (TPSA) is 53.3 Å². The molecule has 0 fully saturated rings. The molecule has 1 unspecified atom stereocenters. The summed E-state index contributed by atoms with van der Waals surface area (Å²) in [5.74, 6) is 0.0437. The van der Waals surface area contributed by atoms with Crippen LogP contribution < -0.4 is 4.74 Å². The van der Waals surface area contributed by atoms with Gasteiger partial charge in [0.2, 0.25) is 5.91 Å². The molecule has 0 N–H and O–H groups in total. The maximum atomic E-state index is 12.1. The molecule has 0 heterocycles. The van der Waals surface area contributed by atoms with Crippen LogP contribution in [0.2, 0.25) is 5.02 Å². The van der Waals surface area contributed by atoms with Gasteiger partial charge in [-0.15, -0.1) is 0 Å². The van der Waals surface area contributed by atoms with Gasteiger partial charge in [0.05, 0.1) is 24.1 Å². The van der Waals surface area contributed by atoms with Crippen LogP contribution in [0, 0.1) is 11.3 Å². The van der Waals surface area contributed by atoms with Gasteiger partial charge in [0.25, 0.3) is 0 Å². The lowest BCUT2D eigenvalue weighted by Gasteiger charge is -2.20. The van der Waals surface area contributed by atoms with E-state index in [-0.39, 0.29) is 12.3 Å². The zero-order valence-corrected chi connectivity index (χ0v) is 12.8. The number of ether oxygens (including phenoxy) is 1. The van der Waals surface area contributed by atoms with Gasteiger partial charge in [-0.1, -0.05) is 17.7 Å². The number of hydrogen-bond acceptors (Lipinski definition) is 3. The number of nitrogens with zero attached hydrogens (tertiary/aromatic N) is 2. The lowest BCUT2D eigenvalue weighted by molar-refractivity contribution is -0.130. The van der Waals surface area contributed by atoms with Crippen molar-refractivity contribution >= 4 is 17.5 Å². The standard InChI is InChI=1S/C15H19ClN2O2/c1-4-18(5-2)15(19)9-12(10-17)11-6-7-14(20-3)13(16)8-11/h6-8,12H,4-5,9H2,1-3H3. The van der Waals surface area contributed by atoms with Crippen LogP contribution in [0.25, 0.3) is 0 Å². The molecule has 20 heavy (non-hydrogen) atoms. The van der Waals surface area contributed by atoms with E-state index < -0.39 is 5.92 Å². The third kappa shape index (κ3) is 3.88. The smallest absolute Gasteiger partial charge is 0.224 e. The van der Waals surface area contributed by atoms with E-state index in [0.29, 0.717) is 23.9 Å². The number of benzene rings is 1. The fourth-order valence-electron chi connectivity index (χ4n) is 2.02. The Morgan fingerprint density at radius 1 is 1.45 bits per heavy atom. The molecule has 1 atom stereocenters. The van der Waals surface area contributed by atoms with Crippen LogP contribution in [0.5, 0.6) is 5.75 Å². The molecule has 1 aromatic rings. The van der Waals surface area contributed by atoms with Gasteiger partial charge in [-0.25, -0.2) is 0 Å². The largest absolute Gasteiger partial charge is 0.495 e. The zero-order chi connectivity index (χ0) is 15.1. The highest BCUT2D eigenvalue weighted by molar-refractivity contribution is 6.32. The predicted molar refractivity (Wildman–Crippen MR) is 78.9 cm³/mol. The first-order valence-corrected chi connectivity index (χ1v) is 6.95. The number of methoxy groups -OCH3 is 1. The van der Waals surface area contributed by atoms with Gasteiger partial charge >= 0.3 is 0 Å². The predicted octanol–water partition coefficient (Wildman–Crippen LogP) is 3.21. The first-order chi connectivity index (χ1) is 9.57. The van der Waals surface area contributed by atoms with Gasteiger partial charge < -0.3 is 9.64 Å². The van der Waals surface area contributed by atoms with Crippen molar-refractivity contribution in [2.45, 2.75) is 26.2 Å². The summed E-state index contributed by atoms with van der Waals surface area (Å²) in [6.45, 7) is 5.15. The quantitative estimate of drug-likeness (QED) is 0.809. The number of carbonyl (C=O) groups excluding carboxylic acids is 1. The van der Waals surface area contributed by atoms with Gasteiger partial charge in [0.1, 0.15) is 5.75 Å². The summed E-state index contributed by atoms with van der Waals surface area (Å²) >= 11 is 6.05. The fourth-order valence-corrected chi connectivity index (χ4v) is 2.28. The molecule has 0 spiro atoms. The lowest BCUT2D eigenvalue weighted by Crippen LogP contribution is -2.31. The first kappa shape index (κ1) is 16.3. The van der Waals surface area contributed by atoms with Crippen LogP contribution in [-0.2, 0) is 4.79 Å². The first-order valence-electron chi connectivity index (χ1n) is 6.58.